The molecule has 0 aromatic heterocycles. The first-order valence-electron chi connectivity index (χ1n) is 8.47. The lowest BCUT2D eigenvalue weighted by Crippen LogP contribution is -2.17. The lowest BCUT2D eigenvalue weighted by molar-refractivity contribution is -0.145. The Bertz CT molecular complexity index is 944. The minimum absolute atomic E-state index is 0.152. The quantitative estimate of drug-likeness (QED) is 0.354. The van der Waals surface area contributed by atoms with E-state index in [1.807, 2.05) is 30.3 Å². The van der Waals surface area contributed by atoms with Gasteiger partial charge in [0.05, 0.1) is 27.9 Å². The molecule has 146 valence electrons. The molecule has 1 heterocycles. The monoisotopic (exact) mass is 511 g/mol. The standard InChI is InChI=1S/C20H18INO5S/c1-3-26-18(23)11-27-19-13(21)8-12(9-15(19)25-2)10-17-20(24)22-14-6-4-5-7-16(14)28-17/h4-10H,3,11H2,1-2H3,(H,22,24)/b17-10-. The number of hydrogen-bond acceptors (Lipinski definition) is 6. The van der Waals surface area contributed by atoms with Crippen LogP contribution in [0.25, 0.3) is 6.08 Å². The molecule has 8 heteroatoms. The molecular formula is C20H18INO5S. The van der Waals surface area contributed by atoms with E-state index in [2.05, 4.69) is 27.9 Å². The maximum Gasteiger partial charge on any atom is 0.344 e. The molecule has 6 nitrogen and oxygen atoms in total. The van der Waals surface area contributed by atoms with Crippen LogP contribution < -0.4 is 14.8 Å². The molecule has 0 unspecified atom stereocenters. The highest BCUT2D eigenvalue weighted by Crippen LogP contribution is 2.40. The molecule has 0 bridgehead atoms. The van der Waals surface area contributed by atoms with Crippen LogP contribution in [0.1, 0.15) is 12.5 Å². The first-order chi connectivity index (χ1) is 13.5. The van der Waals surface area contributed by atoms with Gasteiger partial charge in [-0.2, -0.15) is 0 Å². The predicted molar refractivity (Wildman–Crippen MR) is 117 cm³/mol. The van der Waals surface area contributed by atoms with Crippen LogP contribution in [0, 0.1) is 3.57 Å². The van der Waals surface area contributed by atoms with E-state index in [-0.39, 0.29) is 12.5 Å². The second-order valence-corrected chi connectivity index (χ2v) is 7.93. The van der Waals surface area contributed by atoms with E-state index in [1.54, 1.807) is 19.1 Å². The molecule has 0 fully saturated rings. The van der Waals surface area contributed by atoms with Crippen LogP contribution in [-0.4, -0.2) is 32.2 Å². The summed E-state index contributed by atoms with van der Waals surface area (Å²) in [6.07, 6.45) is 1.80. The van der Waals surface area contributed by atoms with Crippen molar-refractivity contribution in [2.75, 3.05) is 25.6 Å². The van der Waals surface area contributed by atoms with Crippen LogP contribution >= 0.6 is 34.4 Å². The van der Waals surface area contributed by atoms with Crippen molar-refractivity contribution in [2.45, 2.75) is 11.8 Å². The van der Waals surface area contributed by atoms with E-state index in [4.69, 9.17) is 14.2 Å². The van der Waals surface area contributed by atoms with E-state index in [9.17, 15) is 9.59 Å². The number of hydrogen-bond donors (Lipinski definition) is 1. The molecule has 3 rings (SSSR count). The van der Waals surface area contributed by atoms with Crippen LogP contribution in [0.3, 0.4) is 0 Å². The summed E-state index contributed by atoms with van der Waals surface area (Å²) >= 11 is 3.53. The number of ether oxygens (including phenoxy) is 3. The Morgan fingerprint density at radius 3 is 2.82 bits per heavy atom. The Morgan fingerprint density at radius 2 is 2.07 bits per heavy atom. The highest BCUT2D eigenvalue weighted by atomic mass is 127. The molecule has 0 spiro atoms. The number of fused-ring (bicyclic) bond motifs is 1. The van der Waals surface area contributed by atoms with Gasteiger partial charge in [-0.3, -0.25) is 4.79 Å². The normalized spacial score (nSPS) is 14.2. The Balaban J connectivity index is 1.85. The second kappa shape index (κ2) is 9.33. The zero-order valence-corrected chi connectivity index (χ0v) is 18.3. The third-order valence-corrected chi connectivity index (χ3v) is 5.67. The maximum absolute atomic E-state index is 12.4. The van der Waals surface area contributed by atoms with Gasteiger partial charge in [0, 0.05) is 4.90 Å². The number of para-hydroxylation sites is 1. The fourth-order valence-electron chi connectivity index (χ4n) is 2.55. The van der Waals surface area contributed by atoms with Crippen molar-refractivity contribution in [1.82, 2.24) is 0 Å². The van der Waals surface area contributed by atoms with Crippen LogP contribution in [0.15, 0.2) is 46.2 Å². The molecule has 0 saturated heterocycles. The number of thioether (sulfide) groups is 1. The van der Waals surface area contributed by atoms with Gasteiger partial charge >= 0.3 is 5.97 Å². The molecule has 1 N–H and O–H groups in total. The SMILES string of the molecule is CCOC(=O)COc1c(I)cc(/C=C2\Sc3ccccc3NC2=O)cc1OC. The summed E-state index contributed by atoms with van der Waals surface area (Å²) in [6.45, 7) is 1.84. The molecule has 0 radical (unpaired) electrons. The molecule has 2 aromatic carbocycles. The molecular weight excluding hydrogens is 493 g/mol. The fourth-order valence-corrected chi connectivity index (χ4v) is 4.28. The zero-order chi connectivity index (χ0) is 20.1. The number of nitrogens with one attached hydrogen (secondary N) is 1. The second-order valence-electron chi connectivity index (χ2n) is 5.69. The summed E-state index contributed by atoms with van der Waals surface area (Å²) in [4.78, 5) is 25.5. The minimum Gasteiger partial charge on any atom is -0.493 e. The number of carbonyl (C=O) groups excluding carboxylic acids is 2. The van der Waals surface area contributed by atoms with Crippen molar-refractivity contribution in [3.8, 4) is 11.5 Å². The van der Waals surface area contributed by atoms with Gasteiger partial charge in [0.1, 0.15) is 0 Å². The Kier molecular flexibility index (Phi) is 6.84. The van der Waals surface area contributed by atoms with Gasteiger partial charge in [-0.05, 0) is 65.4 Å². The molecule has 0 aliphatic carbocycles. The van der Waals surface area contributed by atoms with E-state index < -0.39 is 5.97 Å². The van der Waals surface area contributed by atoms with E-state index >= 15 is 0 Å². The molecule has 1 aliphatic heterocycles. The Morgan fingerprint density at radius 1 is 1.29 bits per heavy atom. The van der Waals surface area contributed by atoms with Crippen LogP contribution in [0.2, 0.25) is 0 Å². The fraction of sp³-hybridized carbons (Fsp3) is 0.200. The van der Waals surface area contributed by atoms with Crippen molar-refractivity contribution in [1.29, 1.82) is 0 Å². The number of amides is 1. The Hall–Kier alpha value is -2.20. The van der Waals surface area contributed by atoms with E-state index in [0.717, 1.165) is 19.7 Å². The highest BCUT2D eigenvalue weighted by Gasteiger charge is 2.21. The molecule has 1 aliphatic rings. The van der Waals surface area contributed by atoms with Gasteiger partial charge in [-0.25, -0.2) is 4.79 Å². The van der Waals surface area contributed by atoms with Gasteiger partial charge in [0.25, 0.3) is 5.91 Å². The van der Waals surface area contributed by atoms with Gasteiger partial charge in [-0.1, -0.05) is 23.9 Å². The van der Waals surface area contributed by atoms with E-state index in [0.29, 0.717) is 23.0 Å². The average Bonchev–Trinajstić information content (AvgIpc) is 2.67. The number of halogens is 1. The number of carbonyl (C=O) groups is 2. The molecule has 0 atom stereocenters. The number of methoxy groups -OCH3 is 1. The van der Waals surface area contributed by atoms with Gasteiger partial charge < -0.3 is 19.5 Å². The van der Waals surface area contributed by atoms with Crippen LogP contribution in [-0.2, 0) is 14.3 Å². The summed E-state index contributed by atoms with van der Waals surface area (Å²) in [5, 5.41) is 2.89. The zero-order valence-electron chi connectivity index (χ0n) is 15.3. The van der Waals surface area contributed by atoms with Crippen molar-refractivity contribution < 1.29 is 23.8 Å². The van der Waals surface area contributed by atoms with Crippen molar-refractivity contribution in [2.24, 2.45) is 0 Å². The molecule has 2 aromatic rings. The van der Waals surface area contributed by atoms with E-state index in [1.165, 1.54) is 18.9 Å². The number of rotatable bonds is 6. The van der Waals surface area contributed by atoms with Crippen LogP contribution in [0.4, 0.5) is 5.69 Å². The largest absolute Gasteiger partial charge is 0.493 e. The molecule has 28 heavy (non-hydrogen) atoms. The maximum atomic E-state index is 12.4. The van der Waals surface area contributed by atoms with Crippen molar-refractivity contribution in [3.63, 3.8) is 0 Å². The highest BCUT2D eigenvalue weighted by molar-refractivity contribution is 14.1. The molecule has 1 amide bonds. The summed E-state index contributed by atoms with van der Waals surface area (Å²) in [7, 11) is 1.53. The number of benzene rings is 2. The summed E-state index contributed by atoms with van der Waals surface area (Å²) in [5.74, 6) is 0.342. The third kappa shape index (κ3) is 4.79. The molecule has 0 saturated carbocycles. The number of esters is 1. The first-order valence-corrected chi connectivity index (χ1v) is 10.4. The van der Waals surface area contributed by atoms with Crippen molar-refractivity contribution >= 4 is 58.0 Å². The summed E-state index contributed by atoms with van der Waals surface area (Å²) < 4.78 is 16.6. The van der Waals surface area contributed by atoms with Crippen molar-refractivity contribution in [3.05, 3.63) is 50.4 Å². The number of anilines is 1. The first kappa shape index (κ1) is 20.5. The summed E-state index contributed by atoms with van der Waals surface area (Å²) in [5.41, 5.74) is 1.60. The Labute approximate surface area is 180 Å². The average molecular weight is 511 g/mol. The lowest BCUT2D eigenvalue weighted by Gasteiger charge is -2.18. The van der Waals surface area contributed by atoms with Gasteiger partial charge in [-0.15, -0.1) is 0 Å². The van der Waals surface area contributed by atoms with Crippen LogP contribution in [0.5, 0.6) is 11.5 Å². The topological polar surface area (TPSA) is 73.9 Å². The van der Waals surface area contributed by atoms with Gasteiger partial charge in [0.2, 0.25) is 0 Å². The minimum atomic E-state index is -0.444. The van der Waals surface area contributed by atoms with Gasteiger partial charge in [0.15, 0.2) is 18.1 Å². The lowest BCUT2D eigenvalue weighted by atomic mass is 10.2. The summed E-state index contributed by atoms with van der Waals surface area (Å²) in [6, 6.07) is 11.3. The predicted octanol–water partition coefficient (Wildman–Crippen LogP) is 4.33. The smallest absolute Gasteiger partial charge is 0.344 e. The third-order valence-electron chi connectivity index (χ3n) is 3.77.